The summed E-state index contributed by atoms with van der Waals surface area (Å²) < 4.78 is 10.7. The number of rotatable bonds is 8. The Morgan fingerprint density at radius 2 is 1.81 bits per heavy atom. The molecular weight excluding hydrogens is 346 g/mol. The lowest BCUT2D eigenvalue weighted by molar-refractivity contribution is -0.132. The maximum atomic E-state index is 12.3. The number of carbonyl (C=O) groups is 2. The van der Waals surface area contributed by atoms with Gasteiger partial charge in [0.1, 0.15) is 12.4 Å². The van der Waals surface area contributed by atoms with Gasteiger partial charge in [-0.2, -0.15) is 0 Å². The Labute approximate surface area is 158 Å². The lowest BCUT2D eigenvalue weighted by Crippen LogP contribution is -2.50. The Hall–Kier alpha value is -2.80. The summed E-state index contributed by atoms with van der Waals surface area (Å²) in [4.78, 5) is 28.2. The van der Waals surface area contributed by atoms with Crippen LogP contribution >= 0.6 is 0 Å². The Bertz CT molecular complexity index is 710. The summed E-state index contributed by atoms with van der Waals surface area (Å²) >= 11 is 0. The number of hydrogen-bond acceptors (Lipinski definition) is 5. The topological polar surface area (TPSA) is 75.0 Å². The van der Waals surface area contributed by atoms with Gasteiger partial charge in [-0.15, -0.1) is 0 Å². The molecule has 1 aromatic heterocycles. The van der Waals surface area contributed by atoms with Crippen molar-refractivity contribution in [3.8, 4) is 5.75 Å². The minimum atomic E-state index is -0.295. The summed E-state index contributed by atoms with van der Waals surface area (Å²) in [6, 6.07) is 13.0. The Morgan fingerprint density at radius 1 is 1.04 bits per heavy atom. The van der Waals surface area contributed by atoms with E-state index in [1.165, 1.54) is 6.26 Å². The van der Waals surface area contributed by atoms with E-state index >= 15 is 0 Å². The molecule has 1 aromatic carbocycles. The van der Waals surface area contributed by atoms with Gasteiger partial charge in [-0.1, -0.05) is 18.2 Å². The zero-order chi connectivity index (χ0) is 18.9. The highest BCUT2D eigenvalue weighted by atomic mass is 16.5. The van der Waals surface area contributed by atoms with Crippen LogP contribution in [0.25, 0.3) is 0 Å². The van der Waals surface area contributed by atoms with E-state index in [0.717, 1.165) is 25.4 Å². The fraction of sp³-hybridized carbons (Fsp3) is 0.400. The van der Waals surface area contributed by atoms with Crippen molar-refractivity contribution in [1.82, 2.24) is 15.1 Å². The SMILES string of the molecule is O=C(NCCC(=O)N1CCN(CCOc2ccccc2)CC1)c1ccco1. The second-order valence-electron chi connectivity index (χ2n) is 6.37. The Balaban J connectivity index is 1.29. The monoisotopic (exact) mass is 371 g/mol. The van der Waals surface area contributed by atoms with E-state index < -0.39 is 0 Å². The van der Waals surface area contributed by atoms with E-state index in [4.69, 9.17) is 9.15 Å². The molecule has 1 saturated heterocycles. The molecule has 0 atom stereocenters. The van der Waals surface area contributed by atoms with E-state index in [1.54, 1.807) is 12.1 Å². The molecule has 0 unspecified atom stereocenters. The summed E-state index contributed by atoms with van der Waals surface area (Å²) in [5, 5.41) is 2.70. The summed E-state index contributed by atoms with van der Waals surface area (Å²) in [6.07, 6.45) is 1.74. The molecule has 3 rings (SSSR count). The summed E-state index contributed by atoms with van der Waals surface area (Å²) in [6.45, 7) is 4.87. The van der Waals surface area contributed by atoms with Crippen LogP contribution in [0.5, 0.6) is 5.75 Å². The zero-order valence-electron chi connectivity index (χ0n) is 15.3. The molecule has 0 radical (unpaired) electrons. The molecule has 1 fully saturated rings. The second kappa shape index (κ2) is 9.78. The third-order valence-corrected chi connectivity index (χ3v) is 4.51. The van der Waals surface area contributed by atoms with E-state index in [2.05, 4.69) is 10.2 Å². The van der Waals surface area contributed by atoms with Crippen molar-refractivity contribution in [3.63, 3.8) is 0 Å². The number of nitrogens with zero attached hydrogens (tertiary/aromatic N) is 2. The molecule has 2 heterocycles. The average Bonchev–Trinajstić information content (AvgIpc) is 3.24. The van der Waals surface area contributed by atoms with Crippen molar-refractivity contribution in [1.29, 1.82) is 0 Å². The van der Waals surface area contributed by atoms with Crippen LogP contribution in [0.15, 0.2) is 53.1 Å². The Kier molecular flexibility index (Phi) is 6.87. The highest BCUT2D eigenvalue weighted by molar-refractivity contribution is 5.91. The molecule has 7 nitrogen and oxygen atoms in total. The molecule has 0 aliphatic carbocycles. The lowest BCUT2D eigenvalue weighted by Gasteiger charge is -2.34. The number of para-hydroxylation sites is 1. The van der Waals surface area contributed by atoms with E-state index in [0.29, 0.717) is 32.7 Å². The van der Waals surface area contributed by atoms with Crippen LogP contribution in [0.1, 0.15) is 17.0 Å². The van der Waals surface area contributed by atoms with Crippen molar-refractivity contribution in [2.24, 2.45) is 0 Å². The summed E-state index contributed by atoms with van der Waals surface area (Å²) in [5.41, 5.74) is 0. The third-order valence-electron chi connectivity index (χ3n) is 4.51. The highest BCUT2D eigenvalue weighted by Crippen LogP contribution is 2.09. The fourth-order valence-electron chi connectivity index (χ4n) is 2.97. The molecule has 1 aliphatic heterocycles. The van der Waals surface area contributed by atoms with Crippen LogP contribution in [0.2, 0.25) is 0 Å². The molecule has 0 bridgehead atoms. The summed E-state index contributed by atoms with van der Waals surface area (Å²) in [5.74, 6) is 0.905. The molecular formula is C20H25N3O4. The van der Waals surface area contributed by atoms with E-state index in [1.807, 2.05) is 35.2 Å². The molecule has 1 aliphatic rings. The van der Waals surface area contributed by atoms with Gasteiger partial charge in [-0.05, 0) is 24.3 Å². The smallest absolute Gasteiger partial charge is 0.286 e. The molecule has 27 heavy (non-hydrogen) atoms. The van der Waals surface area contributed by atoms with Crippen molar-refractivity contribution < 1.29 is 18.7 Å². The average molecular weight is 371 g/mol. The number of furan rings is 1. The van der Waals surface area contributed by atoms with Crippen molar-refractivity contribution in [3.05, 3.63) is 54.5 Å². The van der Waals surface area contributed by atoms with Crippen LogP contribution in [0.3, 0.4) is 0 Å². The van der Waals surface area contributed by atoms with Crippen LogP contribution in [0, 0.1) is 0 Å². The van der Waals surface area contributed by atoms with Crippen molar-refractivity contribution >= 4 is 11.8 Å². The van der Waals surface area contributed by atoms with Crippen LogP contribution in [-0.2, 0) is 4.79 Å². The first kappa shape index (κ1) is 19.0. The van der Waals surface area contributed by atoms with Gasteiger partial charge in [0.15, 0.2) is 5.76 Å². The van der Waals surface area contributed by atoms with Gasteiger partial charge in [0.25, 0.3) is 5.91 Å². The number of hydrogen-bond donors (Lipinski definition) is 1. The highest BCUT2D eigenvalue weighted by Gasteiger charge is 2.21. The molecule has 7 heteroatoms. The number of carbonyl (C=O) groups excluding carboxylic acids is 2. The Morgan fingerprint density at radius 3 is 2.52 bits per heavy atom. The quantitative estimate of drug-likeness (QED) is 0.763. The second-order valence-corrected chi connectivity index (χ2v) is 6.37. The molecule has 1 N–H and O–H groups in total. The number of nitrogens with one attached hydrogen (secondary N) is 1. The van der Waals surface area contributed by atoms with Gasteiger partial charge >= 0.3 is 0 Å². The fourth-order valence-corrected chi connectivity index (χ4v) is 2.97. The number of ether oxygens (including phenoxy) is 1. The predicted molar refractivity (Wildman–Crippen MR) is 101 cm³/mol. The molecule has 2 aromatic rings. The van der Waals surface area contributed by atoms with E-state index in [-0.39, 0.29) is 17.6 Å². The molecule has 144 valence electrons. The van der Waals surface area contributed by atoms with Crippen LogP contribution < -0.4 is 10.1 Å². The minimum Gasteiger partial charge on any atom is -0.492 e. The largest absolute Gasteiger partial charge is 0.492 e. The zero-order valence-corrected chi connectivity index (χ0v) is 15.3. The van der Waals surface area contributed by atoms with Gasteiger partial charge in [-0.25, -0.2) is 0 Å². The van der Waals surface area contributed by atoms with Gasteiger partial charge < -0.3 is 19.4 Å². The molecule has 0 spiro atoms. The van der Waals surface area contributed by atoms with Gasteiger partial charge in [-0.3, -0.25) is 14.5 Å². The maximum absolute atomic E-state index is 12.3. The van der Waals surface area contributed by atoms with E-state index in [9.17, 15) is 9.59 Å². The van der Waals surface area contributed by atoms with Gasteiger partial charge in [0.2, 0.25) is 5.91 Å². The lowest BCUT2D eigenvalue weighted by atomic mass is 10.2. The van der Waals surface area contributed by atoms with Crippen molar-refractivity contribution in [2.45, 2.75) is 6.42 Å². The normalized spacial score (nSPS) is 14.7. The standard InChI is InChI=1S/C20H25N3O4/c24-19(8-9-21-20(25)18-7-4-15-27-18)23-12-10-22(11-13-23)14-16-26-17-5-2-1-3-6-17/h1-7,15H,8-14,16H2,(H,21,25). The number of amides is 2. The van der Waals surface area contributed by atoms with Gasteiger partial charge in [0.05, 0.1) is 6.26 Å². The summed E-state index contributed by atoms with van der Waals surface area (Å²) in [7, 11) is 0. The predicted octanol–water partition coefficient (Wildman–Crippen LogP) is 1.62. The molecule has 0 saturated carbocycles. The van der Waals surface area contributed by atoms with Crippen LogP contribution in [-0.4, -0.2) is 67.5 Å². The molecule has 2 amide bonds. The number of benzene rings is 1. The maximum Gasteiger partial charge on any atom is 0.286 e. The first-order chi connectivity index (χ1) is 13.2. The third kappa shape index (κ3) is 5.86. The van der Waals surface area contributed by atoms with Gasteiger partial charge in [0, 0.05) is 45.7 Å². The first-order valence-corrected chi connectivity index (χ1v) is 9.22. The van der Waals surface area contributed by atoms with Crippen LogP contribution in [0.4, 0.5) is 0 Å². The number of piperazine rings is 1. The first-order valence-electron chi connectivity index (χ1n) is 9.22. The minimum absolute atomic E-state index is 0.0648. The van der Waals surface area contributed by atoms with Crippen molar-refractivity contribution in [2.75, 3.05) is 45.9 Å².